The molecule has 0 saturated heterocycles. The lowest BCUT2D eigenvalue weighted by molar-refractivity contribution is -0.144. The van der Waals surface area contributed by atoms with E-state index < -0.39 is 27.8 Å². The molecule has 20 heavy (non-hydrogen) atoms. The number of carboxylic acid groups (broad SMARTS) is 1. The number of carbonyl (C=O) groups excluding carboxylic acids is 1. The lowest BCUT2D eigenvalue weighted by Gasteiger charge is -2.27. The fraction of sp³-hybridized carbons (Fsp3) is 0.846. The maximum Gasteiger partial charge on any atom is 0.306 e. The first-order chi connectivity index (χ1) is 9.25. The number of hydrogen-bond donors (Lipinski definition) is 2. The Morgan fingerprint density at radius 3 is 2.45 bits per heavy atom. The van der Waals surface area contributed by atoms with Crippen molar-refractivity contribution in [2.45, 2.75) is 45.6 Å². The highest BCUT2D eigenvalue weighted by atomic mass is 32.2. The van der Waals surface area contributed by atoms with Crippen LogP contribution in [-0.4, -0.2) is 42.9 Å². The second kappa shape index (κ2) is 7.06. The van der Waals surface area contributed by atoms with Crippen LogP contribution in [0.1, 0.15) is 39.5 Å². The maximum absolute atomic E-state index is 12.1. The lowest BCUT2D eigenvalue weighted by Crippen LogP contribution is -2.42. The molecule has 0 heterocycles. The van der Waals surface area contributed by atoms with Crippen LogP contribution >= 0.6 is 0 Å². The highest BCUT2D eigenvalue weighted by Gasteiger charge is 2.31. The van der Waals surface area contributed by atoms with Gasteiger partial charge in [-0.25, -0.2) is 8.42 Å². The number of aliphatic carboxylic acids is 1. The molecule has 1 aliphatic carbocycles. The molecule has 0 aromatic rings. The Morgan fingerprint density at radius 1 is 1.30 bits per heavy atom. The molecule has 1 aliphatic rings. The molecule has 3 unspecified atom stereocenters. The number of nitrogens with one attached hydrogen (secondary N) is 1. The molecule has 0 aromatic heterocycles. The van der Waals surface area contributed by atoms with E-state index in [2.05, 4.69) is 5.32 Å². The third-order valence-electron chi connectivity index (χ3n) is 3.73. The predicted molar refractivity (Wildman–Crippen MR) is 75.0 cm³/mol. The Hall–Kier alpha value is -1.11. The molecule has 0 bridgehead atoms. The van der Waals surface area contributed by atoms with Gasteiger partial charge in [-0.3, -0.25) is 9.59 Å². The molecular weight excluding hydrogens is 282 g/mol. The SMILES string of the molecule is CCS(=O)(=O)CC(C)NC(=O)C1CCCC(C(=O)O)C1. The van der Waals surface area contributed by atoms with E-state index in [-0.39, 0.29) is 23.3 Å². The smallest absolute Gasteiger partial charge is 0.306 e. The Balaban J connectivity index is 2.52. The minimum atomic E-state index is -3.13. The average molecular weight is 305 g/mol. The van der Waals surface area contributed by atoms with Gasteiger partial charge in [-0.2, -0.15) is 0 Å². The Kier molecular flexibility index (Phi) is 5.98. The van der Waals surface area contributed by atoms with Gasteiger partial charge in [0.2, 0.25) is 5.91 Å². The number of carboxylic acids is 1. The van der Waals surface area contributed by atoms with Gasteiger partial charge in [0.1, 0.15) is 0 Å². The number of carbonyl (C=O) groups is 2. The van der Waals surface area contributed by atoms with E-state index in [1.54, 1.807) is 13.8 Å². The molecule has 1 saturated carbocycles. The van der Waals surface area contributed by atoms with E-state index in [1.165, 1.54) is 0 Å². The van der Waals surface area contributed by atoms with Gasteiger partial charge < -0.3 is 10.4 Å². The van der Waals surface area contributed by atoms with Gasteiger partial charge in [0, 0.05) is 17.7 Å². The van der Waals surface area contributed by atoms with E-state index in [0.29, 0.717) is 19.3 Å². The van der Waals surface area contributed by atoms with Crippen molar-refractivity contribution >= 4 is 21.7 Å². The van der Waals surface area contributed by atoms with Crippen molar-refractivity contribution < 1.29 is 23.1 Å². The molecule has 0 aromatic carbocycles. The summed E-state index contributed by atoms with van der Waals surface area (Å²) in [6.07, 6.45) is 2.34. The van der Waals surface area contributed by atoms with Crippen LogP contribution in [0.25, 0.3) is 0 Å². The highest BCUT2D eigenvalue weighted by molar-refractivity contribution is 7.91. The lowest BCUT2D eigenvalue weighted by atomic mass is 9.81. The van der Waals surface area contributed by atoms with E-state index >= 15 is 0 Å². The molecule has 116 valence electrons. The molecular formula is C13H23NO5S. The zero-order chi connectivity index (χ0) is 15.3. The Bertz CT molecular complexity index is 459. The molecule has 0 aliphatic heterocycles. The zero-order valence-corrected chi connectivity index (χ0v) is 12.8. The summed E-state index contributed by atoms with van der Waals surface area (Å²) in [5.74, 6) is -1.90. The first-order valence-electron chi connectivity index (χ1n) is 6.98. The molecule has 7 heteroatoms. The summed E-state index contributed by atoms with van der Waals surface area (Å²) in [6, 6.07) is -0.447. The van der Waals surface area contributed by atoms with Crippen LogP contribution in [0.15, 0.2) is 0 Å². The topological polar surface area (TPSA) is 101 Å². The first kappa shape index (κ1) is 16.9. The summed E-state index contributed by atoms with van der Waals surface area (Å²) in [4.78, 5) is 23.0. The average Bonchev–Trinajstić information content (AvgIpc) is 2.38. The van der Waals surface area contributed by atoms with E-state index in [9.17, 15) is 18.0 Å². The van der Waals surface area contributed by atoms with Gasteiger partial charge in [0.25, 0.3) is 0 Å². The van der Waals surface area contributed by atoms with Crippen LogP contribution in [-0.2, 0) is 19.4 Å². The predicted octanol–water partition coefficient (Wildman–Crippen LogP) is 0.817. The number of rotatable bonds is 6. The summed E-state index contributed by atoms with van der Waals surface area (Å²) < 4.78 is 23.0. The van der Waals surface area contributed by atoms with Gasteiger partial charge in [0.15, 0.2) is 9.84 Å². The van der Waals surface area contributed by atoms with Crippen molar-refractivity contribution in [3.8, 4) is 0 Å². The van der Waals surface area contributed by atoms with Crippen molar-refractivity contribution in [2.75, 3.05) is 11.5 Å². The van der Waals surface area contributed by atoms with Gasteiger partial charge in [-0.05, 0) is 26.2 Å². The molecule has 2 N–H and O–H groups in total. The van der Waals surface area contributed by atoms with Crippen LogP contribution in [0.3, 0.4) is 0 Å². The van der Waals surface area contributed by atoms with Crippen LogP contribution in [0.2, 0.25) is 0 Å². The van der Waals surface area contributed by atoms with Gasteiger partial charge in [-0.1, -0.05) is 13.3 Å². The van der Waals surface area contributed by atoms with Crippen LogP contribution < -0.4 is 5.32 Å². The highest BCUT2D eigenvalue weighted by Crippen LogP contribution is 2.29. The third-order valence-corrected chi connectivity index (χ3v) is 5.61. The van der Waals surface area contributed by atoms with Crippen LogP contribution in [0, 0.1) is 11.8 Å². The van der Waals surface area contributed by atoms with Crippen LogP contribution in [0.5, 0.6) is 0 Å². The van der Waals surface area contributed by atoms with Crippen molar-refractivity contribution in [3.05, 3.63) is 0 Å². The van der Waals surface area contributed by atoms with Gasteiger partial charge in [-0.15, -0.1) is 0 Å². The normalized spacial score (nSPS) is 24.9. The molecule has 3 atom stereocenters. The second-order valence-corrected chi connectivity index (χ2v) is 7.91. The molecule has 0 spiro atoms. The standard InChI is InChI=1S/C13H23NO5S/c1-3-20(18,19)8-9(2)14-12(15)10-5-4-6-11(7-10)13(16)17/h9-11H,3-8H2,1-2H3,(H,14,15)(H,16,17). The minimum Gasteiger partial charge on any atom is -0.481 e. The number of sulfone groups is 1. The van der Waals surface area contributed by atoms with E-state index in [4.69, 9.17) is 5.11 Å². The number of hydrogen-bond acceptors (Lipinski definition) is 4. The molecule has 6 nitrogen and oxygen atoms in total. The summed E-state index contributed by atoms with van der Waals surface area (Å²) in [6.45, 7) is 3.23. The van der Waals surface area contributed by atoms with Gasteiger partial charge in [0.05, 0.1) is 11.7 Å². The third kappa shape index (κ3) is 5.11. The van der Waals surface area contributed by atoms with E-state index in [0.717, 1.165) is 6.42 Å². The number of amides is 1. The van der Waals surface area contributed by atoms with Crippen molar-refractivity contribution in [3.63, 3.8) is 0 Å². The quantitative estimate of drug-likeness (QED) is 0.756. The molecule has 0 radical (unpaired) electrons. The summed E-state index contributed by atoms with van der Waals surface area (Å²) in [5.41, 5.74) is 0. The minimum absolute atomic E-state index is 0.0533. The second-order valence-electron chi connectivity index (χ2n) is 5.51. The summed E-state index contributed by atoms with van der Waals surface area (Å²) >= 11 is 0. The molecule has 1 rings (SSSR count). The largest absolute Gasteiger partial charge is 0.481 e. The Morgan fingerprint density at radius 2 is 1.90 bits per heavy atom. The molecule has 1 fully saturated rings. The summed E-state index contributed by atoms with van der Waals surface area (Å²) in [7, 11) is -3.13. The fourth-order valence-corrected chi connectivity index (χ4v) is 3.63. The van der Waals surface area contributed by atoms with Crippen molar-refractivity contribution in [1.82, 2.24) is 5.32 Å². The first-order valence-corrected chi connectivity index (χ1v) is 8.81. The monoisotopic (exact) mass is 305 g/mol. The zero-order valence-electron chi connectivity index (χ0n) is 12.0. The Labute approximate surface area is 119 Å². The maximum atomic E-state index is 12.1. The van der Waals surface area contributed by atoms with E-state index in [1.807, 2.05) is 0 Å². The fourth-order valence-electron chi connectivity index (χ4n) is 2.55. The molecule has 1 amide bonds. The summed E-state index contributed by atoms with van der Waals surface area (Å²) in [5, 5.41) is 11.7. The van der Waals surface area contributed by atoms with Crippen molar-refractivity contribution in [1.29, 1.82) is 0 Å². The van der Waals surface area contributed by atoms with Crippen molar-refractivity contribution in [2.24, 2.45) is 11.8 Å². The van der Waals surface area contributed by atoms with Gasteiger partial charge >= 0.3 is 5.97 Å². The van der Waals surface area contributed by atoms with Crippen LogP contribution in [0.4, 0.5) is 0 Å².